The molecular weight excluding hydrogens is 300 g/mol. The van der Waals surface area contributed by atoms with Crippen LogP contribution in [0.1, 0.15) is 5.56 Å². The van der Waals surface area contributed by atoms with Crippen LogP contribution in [-0.4, -0.2) is 32.6 Å². The van der Waals surface area contributed by atoms with E-state index in [1.165, 1.54) is 19.2 Å². The van der Waals surface area contributed by atoms with Crippen LogP contribution in [0.2, 0.25) is 0 Å². The van der Waals surface area contributed by atoms with Crippen LogP contribution in [0.3, 0.4) is 0 Å². The van der Waals surface area contributed by atoms with E-state index in [9.17, 15) is 22.8 Å². The first-order valence-electron chi connectivity index (χ1n) is 5.31. The van der Waals surface area contributed by atoms with Crippen molar-refractivity contribution in [1.82, 2.24) is 0 Å². The molecule has 0 heterocycles. The molecule has 20 heavy (non-hydrogen) atoms. The number of ether oxygens (including phenoxy) is 1. The third-order valence-corrected chi connectivity index (χ3v) is 5.03. The van der Waals surface area contributed by atoms with Crippen molar-refractivity contribution < 1.29 is 36.6 Å². The highest BCUT2D eigenvalue weighted by Gasteiger charge is 2.68. The number of hydrogen-bond acceptors (Lipinski definition) is 5. The Morgan fingerprint density at radius 3 is 1.80 bits per heavy atom. The minimum atomic E-state index is -5.26. The second kappa shape index (κ2) is 5.73. The van der Waals surface area contributed by atoms with Gasteiger partial charge >= 0.3 is 13.8 Å². The van der Waals surface area contributed by atoms with E-state index in [1.807, 2.05) is 0 Å². The van der Waals surface area contributed by atoms with Gasteiger partial charge in [-0.2, -0.15) is 13.2 Å². The Bertz CT molecular complexity index is 494. The molecule has 0 aliphatic heterocycles. The van der Waals surface area contributed by atoms with E-state index in [0.29, 0.717) is 0 Å². The molecule has 0 aliphatic rings. The lowest BCUT2D eigenvalue weighted by Crippen LogP contribution is -2.42. The summed E-state index contributed by atoms with van der Waals surface area (Å²) in [6, 6.07) is 4.28. The zero-order chi connectivity index (χ0) is 15.6. The third-order valence-electron chi connectivity index (χ3n) is 2.76. The maximum Gasteiger partial charge on any atom is 0.433 e. The van der Waals surface area contributed by atoms with Crippen molar-refractivity contribution in [2.24, 2.45) is 0 Å². The highest BCUT2D eigenvalue weighted by Crippen LogP contribution is 2.68. The van der Waals surface area contributed by atoms with Crippen molar-refractivity contribution in [1.29, 1.82) is 0 Å². The van der Waals surface area contributed by atoms with Gasteiger partial charge < -0.3 is 18.9 Å². The van der Waals surface area contributed by atoms with Crippen molar-refractivity contribution >= 4 is 7.60 Å². The molecule has 5 nitrogen and oxygen atoms in total. The molecule has 0 spiro atoms. The van der Waals surface area contributed by atoms with Gasteiger partial charge in [-0.25, -0.2) is 0 Å². The number of methoxy groups -OCH3 is 1. The average Bonchev–Trinajstić information content (AvgIpc) is 2.44. The molecule has 1 aromatic rings. The third kappa shape index (κ3) is 2.56. The van der Waals surface area contributed by atoms with Gasteiger partial charge in [-0.1, -0.05) is 12.1 Å². The van der Waals surface area contributed by atoms with Crippen LogP contribution in [-0.2, 0) is 19.0 Å². The molecule has 1 atom stereocenters. The van der Waals surface area contributed by atoms with Gasteiger partial charge in [0.05, 0.1) is 7.11 Å². The van der Waals surface area contributed by atoms with Crippen molar-refractivity contribution in [2.75, 3.05) is 21.3 Å². The van der Waals surface area contributed by atoms with Gasteiger partial charge in [-0.05, 0) is 12.1 Å². The Morgan fingerprint density at radius 1 is 1.05 bits per heavy atom. The zero-order valence-electron chi connectivity index (χ0n) is 11.0. The summed E-state index contributed by atoms with van der Waals surface area (Å²) in [6.45, 7) is 0. The van der Waals surface area contributed by atoms with Gasteiger partial charge in [-0.15, -0.1) is 0 Å². The van der Waals surface area contributed by atoms with Crippen LogP contribution >= 0.6 is 7.60 Å². The summed E-state index contributed by atoms with van der Waals surface area (Å²) in [5.74, 6) is 0.281. The topological polar surface area (TPSA) is 65.0 Å². The molecular formula is C11H14F3O5P. The zero-order valence-corrected chi connectivity index (χ0v) is 11.9. The predicted octanol–water partition coefficient (Wildman–Crippen LogP) is 2.89. The molecule has 1 unspecified atom stereocenters. The highest BCUT2D eigenvalue weighted by molar-refractivity contribution is 7.55. The number of hydrogen-bond donors (Lipinski definition) is 1. The van der Waals surface area contributed by atoms with Crippen molar-refractivity contribution in [3.8, 4) is 5.75 Å². The first kappa shape index (κ1) is 17.0. The molecule has 9 heteroatoms. The van der Waals surface area contributed by atoms with Gasteiger partial charge in [0.15, 0.2) is 0 Å². The maximum atomic E-state index is 13.2. The first-order valence-corrected chi connectivity index (χ1v) is 6.85. The lowest BCUT2D eigenvalue weighted by atomic mass is 10.1. The van der Waals surface area contributed by atoms with Crippen LogP contribution in [0.5, 0.6) is 5.75 Å². The molecule has 0 amide bonds. The quantitative estimate of drug-likeness (QED) is 0.847. The molecule has 0 bridgehead atoms. The second-order valence-electron chi connectivity index (χ2n) is 3.76. The smallest absolute Gasteiger partial charge is 0.433 e. The minimum Gasteiger partial charge on any atom is -0.497 e. The van der Waals surface area contributed by atoms with Crippen LogP contribution in [0.25, 0.3) is 0 Å². The van der Waals surface area contributed by atoms with E-state index in [1.54, 1.807) is 0 Å². The van der Waals surface area contributed by atoms with E-state index in [4.69, 9.17) is 4.74 Å². The van der Waals surface area contributed by atoms with Gasteiger partial charge in [0, 0.05) is 19.8 Å². The fourth-order valence-corrected chi connectivity index (χ4v) is 3.09. The Labute approximate surface area is 113 Å². The molecule has 1 N–H and O–H groups in total. The summed E-state index contributed by atoms with van der Waals surface area (Å²) >= 11 is 0. The summed E-state index contributed by atoms with van der Waals surface area (Å²) in [7, 11) is -2.01. The van der Waals surface area contributed by atoms with Crippen LogP contribution in [0.15, 0.2) is 24.3 Å². The van der Waals surface area contributed by atoms with E-state index in [2.05, 4.69) is 9.05 Å². The maximum absolute atomic E-state index is 13.2. The van der Waals surface area contributed by atoms with E-state index >= 15 is 0 Å². The summed E-state index contributed by atoms with van der Waals surface area (Å²) in [6.07, 6.45) is -5.26. The molecule has 0 fully saturated rings. The molecule has 1 rings (SSSR count). The minimum absolute atomic E-state index is 0.281. The number of halogens is 3. The van der Waals surface area contributed by atoms with Crippen molar-refractivity contribution in [3.05, 3.63) is 29.8 Å². The number of aliphatic hydroxyl groups is 1. The van der Waals surface area contributed by atoms with Crippen molar-refractivity contribution in [3.63, 3.8) is 0 Å². The Balaban J connectivity index is 3.50. The summed E-state index contributed by atoms with van der Waals surface area (Å²) < 4.78 is 65.3. The van der Waals surface area contributed by atoms with Crippen molar-refractivity contribution in [2.45, 2.75) is 11.5 Å². The standard InChI is InChI=1S/C11H14F3O5P/c1-17-9-6-4-8(5-7-9)10(15,11(12,13)14)20(16,18-2)19-3/h4-7,15H,1-3H3. The fourth-order valence-electron chi connectivity index (χ4n) is 1.64. The predicted molar refractivity (Wildman–Crippen MR) is 64.6 cm³/mol. The van der Waals surface area contributed by atoms with Crippen LogP contribution in [0.4, 0.5) is 13.2 Å². The normalized spacial score (nSPS) is 15.8. The molecule has 0 saturated heterocycles. The average molecular weight is 314 g/mol. The summed E-state index contributed by atoms with van der Waals surface area (Å²) in [5, 5.41) is 6.25. The lowest BCUT2D eigenvalue weighted by Gasteiger charge is -2.34. The van der Waals surface area contributed by atoms with Gasteiger partial charge in [0.1, 0.15) is 5.75 Å². The molecule has 0 aliphatic carbocycles. The van der Waals surface area contributed by atoms with Crippen LogP contribution < -0.4 is 4.74 Å². The van der Waals surface area contributed by atoms with Gasteiger partial charge in [0.2, 0.25) is 0 Å². The van der Waals surface area contributed by atoms with E-state index in [-0.39, 0.29) is 5.75 Å². The highest BCUT2D eigenvalue weighted by atomic mass is 31.2. The molecule has 0 aromatic heterocycles. The SMILES string of the molecule is COc1ccc(C(O)(C(F)(F)F)P(=O)(OC)OC)cc1. The summed E-state index contributed by atoms with van der Waals surface area (Å²) in [4.78, 5) is 0. The second-order valence-corrected chi connectivity index (χ2v) is 6.13. The van der Waals surface area contributed by atoms with Crippen LogP contribution in [0, 0.1) is 0 Å². The fraction of sp³-hybridized carbons (Fsp3) is 0.455. The Hall–Kier alpha value is -1.08. The molecule has 114 valence electrons. The summed E-state index contributed by atoms with van der Waals surface area (Å²) in [5.41, 5.74) is -0.669. The largest absolute Gasteiger partial charge is 0.497 e. The number of alkyl halides is 3. The van der Waals surface area contributed by atoms with Gasteiger partial charge in [0.25, 0.3) is 5.34 Å². The van der Waals surface area contributed by atoms with E-state index < -0.39 is 24.7 Å². The molecule has 0 radical (unpaired) electrons. The Morgan fingerprint density at radius 2 is 1.50 bits per heavy atom. The molecule has 1 aromatic carbocycles. The number of rotatable bonds is 5. The molecule has 0 saturated carbocycles. The lowest BCUT2D eigenvalue weighted by molar-refractivity contribution is -0.236. The monoisotopic (exact) mass is 314 g/mol. The first-order chi connectivity index (χ1) is 9.16. The Kier molecular flexibility index (Phi) is 4.86. The van der Waals surface area contributed by atoms with Gasteiger partial charge in [-0.3, -0.25) is 4.57 Å². The number of benzene rings is 1. The van der Waals surface area contributed by atoms with E-state index in [0.717, 1.165) is 26.4 Å².